The summed E-state index contributed by atoms with van der Waals surface area (Å²) in [6, 6.07) is 2.75. The first-order valence-corrected chi connectivity index (χ1v) is 6.73. The van der Waals surface area contributed by atoms with Crippen LogP contribution in [-0.4, -0.2) is 19.6 Å². The SMILES string of the molecule is CC(NS(=O)(=O)c1ccc(CO)o1)C1CC1. The minimum Gasteiger partial charge on any atom is -0.446 e. The van der Waals surface area contributed by atoms with Crippen LogP contribution in [0.15, 0.2) is 21.6 Å². The van der Waals surface area contributed by atoms with Crippen molar-refractivity contribution in [3.05, 3.63) is 17.9 Å². The molecule has 0 saturated heterocycles. The van der Waals surface area contributed by atoms with Gasteiger partial charge in [-0.15, -0.1) is 0 Å². The normalized spacial score (nSPS) is 18.6. The second-order valence-corrected chi connectivity index (χ2v) is 5.77. The first-order chi connectivity index (χ1) is 7.53. The zero-order valence-electron chi connectivity index (χ0n) is 9.01. The number of sulfonamides is 1. The maximum atomic E-state index is 11.8. The average molecular weight is 245 g/mol. The molecule has 1 aliphatic rings. The average Bonchev–Trinajstić information content (AvgIpc) is 2.95. The van der Waals surface area contributed by atoms with Crippen molar-refractivity contribution in [3.8, 4) is 0 Å². The molecular formula is C10H15NO4S. The van der Waals surface area contributed by atoms with Crippen LogP contribution < -0.4 is 4.72 Å². The van der Waals surface area contributed by atoms with E-state index in [-0.39, 0.29) is 23.5 Å². The lowest BCUT2D eigenvalue weighted by Crippen LogP contribution is -2.33. The Morgan fingerprint density at radius 2 is 2.25 bits per heavy atom. The molecule has 1 saturated carbocycles. The van der Waals surface area contributed by atoms with Crippen LogP contribution in [-0.2, 0) is 16.6 Å². The van der Waals surface area contributed by atoms with Crippen molar-refractivity contribution < 1.29 is 17.9 Å². The molecule has 2 rings (SSSR count). The van der Waals surface area contributed by atoms with Gasteiger partial charge in [0.2, 0.25) is 5.09 Å². The summed E-state index contributed by atoms with van der Waals surface area (Å²) in [7, 11) is -3.58. The lowest BCUT2D eigenvalue weighted by molar-refractivity contribution is 0.236. The maximum Gasteiger partial charge on any atom is 0.274 e. The van der Waals surface area contributed by atoms with Crippen molar-refractivity contribution in [1.82, 2.24) is 4.72 Å². The topological polar surface area (TPSA) is 79.5 Å². The van der Waals surface area contributed by atoms with Crippen molar-refractivity contribution in [2.75, 3.05) is 0 Å². The predicted molar refractivity (Wildman–Crippen MR) is 57.1 cm³/mol. The molecule has 1 fully saturated rings. The van der Waals surface area contributed by atoms with E-state index in [2.05, 4.69) is 4.72 Å². The Hall–Kier alpha value is -0.850. The molecule has 5 nitrogen and oxygen atoms in total. The van der Waals surface area contributed by atoms with Gasteiger partial charge in [-0.2, -0.15) is 0 Å². The minimum absolute atomic E-state index is 0.0623. The number of rotatable bonds is 5. The van der Waals surface area contributed by atoms with E-state index < -0.39 is 10.0 Å². The summed E-state index contributed by atoms with van der Waals surface area (Å²) in [5, 5.41) is 8.65. The Morgan fingerprint density at radius 1 is 1.56 bits per heavy atom. The summed E-state index contributed by atoms with van der Waals surface area (Å²) in [5.74, 6) is 0.696. The third kappa shape index (κ3) is 2.45. The number of aliphatic hydroxyl groups excluding tert-OH is 1. The zero-order valence-corrected chi connectivity index (χ0v) is 9.83. The molecular weight excluding hydrogens is 230 g/mol. The van der Waals surface area contributed by atoms with Crippen LogP contribution in [0.1, 0.15) is 25.5 Å². The first-order valence-electron chi connectivity index (χ1n) is 5.25. The number of hydrogen-bond donors (Lipinski definition) is 2. The highest BCUT2D eigenvalue weighted by Gasteiger charge is 2.32. The standard InChI is InChI=1S/C10H15NO4S/c1-7(8-2-3-8)11-16(13,14)10-5-4-9(6-12)15-10/h4-5,7-8,11-12H,2-3,6H2,1H3. The minimum atomic E-state index is -3.58. The molecule has 1 aromatic heterocycles. The van der Waals surface area contributed by atoms with E-state index >= 15 is 0 Å². The molecule has 0 radical (unpaired) electrons. The summed E-state index contributed by atoms with van der Waals surface area (Å²) in [6.45, 7) is 1.55. The molecule has 0 aromatic carbocycles. The van der Waals surface area contributed by atoms with Crippen molar-refractivity contribution >= 4 is 10.0 Å². The van der Waals surface area contributed by atoms with Gasteiger partial charge in [0.15, 0.2) is 0 Å². The molecule has 1 aliphatic carbocycles. The number of aliphatic hydroxyl groups is 1. The van der Waals surface area contributed by atoms with Crippen molar-refractivity contribution in [1.29, 1.82) is 0 Å². The van der Waals surface area contributed by atoms with E-state index in [9.17, 15) is 8.42 Å². The smallest absolute Gasteiger partial charge is 0.274 e. The Kier molecular flexibility index (Phi) is 3.05. The van der Waals surface area contributed by atoms with Crippen LogP contribution in [0.3, 0.4) is 0 Å². The molecule has 2 N–H and O–H groups in total. The lowest BCUT2D eigenvalue weighted by Gasteiger charge is -2.11. The van der Waals surface area contributed by atoms with Gasteiger partial charge in [0.05, 0.1) is 0 Å². The van der Waals surface area contributed by atoms with Gasteiger partial charge in [-0.05, 0) is 37.8 Å². The van der Waals surface area contributed by atoms with Gasteiger partial charge in [0.25, 0.3) is 10.0 Å². The highest BCUT2D eigenvalue weighted by Crippen LogP contribution is 2.33. The van der Waals surface area contributed by atoms with E-state index in [1.807, 2.05) is 6.92 Å². The highest BCUT2D eigenvalue weighted by atomic mass is 32.2. The summed E-state index contributed by atoms with van der Waals surface area (Å²) >= 11 is 0. The Balaban J connectivity index is 2.11. The van der Waals surface area contributed by atoms with Crippen molar-refractivity contribution in [2.45, 2.75) is 37.5 Å². The third-order valence-electron chi connectivity index (χ3n) is 2.73. The van der Waals surface area contributed by atoms with Crippen LogP contribution in [0.25, 0.3) is 0 Å². The second kappa shape index (κ2) is 4.20. The lowest BCUT2D eigenvalue weighted by atomic mass is 10.2. The summed E-state index contributed by atoms with van der Waals surface area (Å²) in [6.07, 6.45) is 2.15. The molecule has 0 bridgehead atoms. The van der Waals surface area contributed by atoms with Gasteiger partial charge in [0.1, 0.15) is 12.4 Å². The molecule has 1 unspecified atom stereocenters. The van der Waals surface area contributed by atoms with Crippen LogP contribution >= 0.6 is 0 Å². The first kappa shape index (κ1) is 11.6. The monoisotopic (exact) mass is 245 g/mol. The molecule has 90 valence electrons. The van der Waals surface area contributed by atoms with E-state index in [1.165, 1.54) is 12.1 Å². The molecule has 0 aliphatic heterocycles. The molecule has 6 heteroatoms. The molecule has 0 spiro atoms. The molecule has 1 atom stereocenters. The summed E-state index contributed by atoms with van der Waals surface area (Å²) in [4.78, 5) is 0. The van der Waals surface area contributed by atoms with Crippen LogP contribution in [0.4, 0.5) is 0 Å². The quantitative estimate of drug-likeness (QED) is 0.806. The van der Waals surface area contributed by atoms with E-state index in [1.54, 1.807) is 0 Å². The van der Waals surface area contributed by atoms with E-state index in [4.69, 9.17) is 9.52 Å². The fraction of sp³-hybridized carbons (Fsp3) is 0.600. The van der Waals surface area contributed by atoms with Gasteiger partial charge < -0.3 is 9.52 Å². The Labute approximate surface area is 94.5 Å². The van der Waals surface area contributed by atoms with Gasteiger partial charge in [-0.1, -0.05) is 0 Å². The molecule has 1 heterocycles. The Bertz CT molecular complexity index is 461. The van der Waals surface area contributed by atoms with E-state index in [0.29, 0.717) is 5.92 Å². The summed E-state index contributed by atoms with van der Waals surface area (Å²) < 4.78 is 31.2. The number of furan rings is 1. The third-order valence-corrected chi connectivity index (χ3v) is 4.16. The van der Waals surface area contributed by atoms with Gasteiger partial charge in [0, 0.05) is 6.04 Å². The number of nitrogens with one attached hydrogen (secondary N) is 1. The van der Waals surface area contributed by atoms with Gasteiger partial charge >= 0.3 is 0 Å². The van der Waals surface area contributed by atoms with Crippen LogP contribution in [0, 0.1) is 5.92 Å². The van der Waals surface area contributed by atoms with Crippen molar-refractivity contribution in [3.63, 3.8) is 0 Å². The van der Waals surface area contributed by atoms with E-state index in [0.717, 1.165) is 12.8 Å². The zero-order chi connectivity index (χ0) is 11.8. The van der Waals surface area contributed by atoms with Crippen molar-refractivity contribution in [2.24, 2.45) is 5.92 Å². The second-order valence-electron chi connectivity index (χ2n) is 4.13. The number of hydrogen-bond acceptors (Lipinski definition) is 4. The fourth-order valence-electron chi connectivity index (χ4n) is 1.58. The Morgan fingerprint density at radius 3 is 2.75 bits per heavy atom. The molecule has 16 heavy (non-hydrogen) atoms. The summed E-state index contributed by atoms with van der Waals surface area (Å²) in [5.41, 5.74) is 0. The predicted octanol–water partition coefficient (Wildman–Crippen LogP) is 0.849. The van der Waals surface area contributed by atoms with Crippen LogP contribution in [0.2, 0.25) is 0 Å². The molecule has 1 aromatic rings. The van der Waals surface area contributed by atoms with Gasteiger partial charge in [-0.3, -0.25) is 0 Å². The van der Waals surface area contributed by atoms with Crippen LogP contribution in [0.5, 0.6) is 0 Å². The fourth-order valence-corrected chi connectivity index (χ4v) is 2.84. The highest BCUT2D eigenvalue weighted by molar-refractivity contribution is 7.89. The largest absolute Gasteiger partial charge is 0.446 e. The molecule has 0 amide bonds. The maximum absolute atomic E-state index is 11.8. The van der Waals surface area contributed by atoms with Gasteiger partial charge in [-0.25, -0.2) is 13.1 Å².